The lowest BCUT2D eigenvalue weighted by molar-refractivity contribution is 0.00578. The molecule has 8 heteroatoms. The third kappa shape index (κ3) is 4.06. The highest BCUT2D eigenvalue weighted by Crippen LogP contribution is 2.39. The second-order valence-electron chi connectivity index (χ2n) is 7.56. The lowest BCUT2D eigenvalue weighted by Gasteiger charge is -2.32. The van der Waals surface area contributed by atoms with E-state index in [1.54, 1.807) is 29.2 Å². The van der Waals surface area contributed by atoms with Crippen molar-refractivity contribution in [2.75, 3.05) is 7.11 Å². The van der Waals surface area contributed by atoms with Crippen molar-refractivity contribution < 1.29 is 22.8 Å². The highest BCUT2D eigenvalue weighted by Gasteiger charge is 2.53. The first-order valence-corrected chi connectivity index (χ1v) is 8.68. The van der Waals surface area contributed by atoms with Gasteiger partial charge >= 0.3 is 7.12 Å². The summed E-state index contributed by atoms with van der Waals surface area (Å²) in [7, 11) is 0.358. The zero-order valence-corrected chi connectivity index (χ0v) is 16.1. The van der Waals surface area contributed by atoms with Crippen LogP contribution in [0, 0.1) is 5.82 Å². The third-order valence-electron chi connectivity index (χ3n) is 5.00. The number of aromatic nitrogens is 2. The fraction of sp³-hybridized carbons (Fsp3) is 0.421. The SMILES string of the molecule is COc1ccc(Cn2cnc(C=C(F)B3OC(C)(C)C(C)(C)O3)c2)cc1F. The Morgan fingerprint density at radius 1 is 1.26 bits per heavy atom. The summed E-state index contributed by atoms with van der Waals surface area (Å²) in [6.45, 7) is 7.86. The van der Waals surface area contributed by atoms with Crippen LogP contribution in [-0.4, -0.2) is 35.0 Å². The number of benzene rings is 1. The summed E-state index contributed by atoms with van der Waals surface area (Å²) in [6, 6.07) is 4.74. The standard InChI is InChI=1S/C19H23BF2N2O3/c1-18(2)19(3,4)27-20(26-18)17(22)9-14-11-24(12-23-14)10-13-6-7-16(25-5)15(21)8-13/h6-9,11-12H,10H2,1-5H3. The van der Waals surface area contributed by atoms with Crippen LogP contribution in [-0.2, 0) is 15.9 Å². The van der Waals surface area contributed by atoms with E-state index in [0.717, 1.165) is 5.56 Å². The highest BCUT2D eigenvalue weighted by atomic mass is 19.1. The zero-order valence-electron chi connectivity index (χ0n) is 16.1. The van der Waals surface area contributed by atoms with Gasteiger partial charge in [-0.15, -0.1) is 0 Å². The Balaban J connectivity index is 1.71. The molecule has 0 atom stereocenters. The molecular formula is C19H23BF2N2O3. The summed E-state index contributed by atoms with van der Waals surface area (Å²) < 4.78 is 46.4. The lowest BCUT2D eigenvalue weighted by atomic mass is 9.87. The molecule has 1 fully saturated rings. The summed E-state index contributed by atoms with van der Waals surface area (Å²) >= 11 is 0. The van der Waals surface area contributed by atoms with Crippen LogP contribution in [0.15, 0.2) is 36.4 Å². The number of hydrogen-bond donors (Lipinski definition) is 0. The number of imidazole rings is 1. The first kappa shape index (κ1) is 19.6. The van der Waals surface area contributed by atoms with Crippen LogP contribution in [0.25, 0.3) is 6.08 Å². The van der Waals surface area contributed by atoms with E-state index < -0.39 is 29.9 Å². The van der Waals surface area contributed by atoms with Crippen molar-refractivity contribution in [1.82, 2.24) is 9.55 Å². The van der Waals surface area contributed by atoms with Crippen LogP contribution >= 0.6 is 0 Å². The van der Waals surface area contributed by atoms with Crippen LogP contribution in [0.5, 0.6) is 5.75 Å². The van der Waals surface area contributed by atoms with Gasteiger partial charge in [0, 0.05) is 12.7 Å². The zero-order chi connectivity index (χ0) is 19.8. The van der Waals surface area contributed by atoms with Crippen LogP contribution in [0.2, 0.25) is 0 Å². The Bertz CT molecular complexity index is 848. The van der Waals surface area contributed by atoms with Crippen molar-refractivity contribution in [3.05, 3.63) is 53.5 Å². The highest BCUT2D eigenvalue weighted by molar-refractivity contribution is 6.54. The van der Waals surface area contributed by atoms with E-state index in [1.807, 2.05) is 27.7 Å². The fourth-order valence-electron chi connectivity index (χ4n) is 2.72. The Labute approximate surface area is 158 Å². The average Bonchev–Trinajstić information content (AvgIpc) is 3.09. The molecule has 1 aliphatic rings. The molecule has 0 N–H and O–H groups in total. The first-order valence-electron chi connectivity index (χ1n) is 8.68. The van der Waals surface area contributed by atoms with E-state index in [4.69, 9.17) is 14.0 Å². The Kier molecular flexibility index (Phi) is 5.14. The van der Waals surface area contributed by atoms with Gasteiger partial charge < -0.3 is 18.6 Å². The minimum absolute atomic E-state index is 0.192. The van der Waals surface area contributed by atoms with Gasteiger partial charge in [-0.1, -0.05) is 6.07 Å². The van der Waals surface area contributed by atoms with Gasteiger partial charge in [-0.3, -0.25) is 0 Å². The van der Waals surface area contributed by atoms with Crippen molar-refractivity contribution in [1.29, 1.82) is 0 Å². The normalized spacial score (nSPS) is 18.8. The molecule has 2 heterocycles. The number of methoxy groups -OCH3 is 1. The monoisotopic (exact) mass is 376 g/mol. The molecule has 0 bridgehead atoms. The van der Waals surface area contributed by atoms with E-state index >= 15 is 0 Å². The van der Waals surface area contributed by atoms with Crippen molar-refractivity contribution in [3.63, 3.8) is 0 Å². The second kappa shape index (κ2) is 7.09. The molecule has 1 saturated heterocycles. The van der Waals surface area contributed by atoms with Gasteiger partial charge in [0.2, 0.25) is 0 Å². The van der Waals surface area contributed by atoms with E-state index in [0.29, 0.717) is 12.2 Å². The molecule has 1 aromatic carbocycles. The van der Waals surface area contributed by atoms with Crippen LogP contribution in [0.3, 0.4) is 0 Å². The Morgan fingerprint density at radius 2 is 1.93 bits per heavy atom. The molecule has 27 heavy (non-hydrogen) atoms. The Morgan fingerprint density at radius 3 is 2.52 bits per heavy atom. The van der Waals surface area contributed by atoms with Gasteiger partial charge in [0.1, 0.15) is 5.73 Å². The number of nitrogens with zero attached hydrogens (tertiary/aromatic N) is 2. The van der Waals surface area contributed by atoms with E-state index in [-0.39, 0.29) is 5.75 Å². The largest absolute Gasteiger partial charge is 0.525 e. The van der Waals surface area contributed by atoms with E-state index in [1.165, 1.54) is 19.3 Å². The number of hydrogen-bond acceptors (Lipinski definition) is 4. The van der Waals surface area contributed by atoms with Crippen LogP contribution in [0.4, 0.5) is 8.78 Å². The third-order valence-corrected chi connectivity index (χ3v) is 5.00. The maximum atomic E-state index is 14.6. The maximum Gasteiger partial charge on any atom is 0.525 e. The molecule has 0 unspecified atom stereocenters. The van der Waals surface area contributed by atoms with Gasteiger partial charge in [0.05, 0.1) is 30.3 Å². The fourth-order valence-corrected chi connectivity index (χ4v) is 2.72. The lowest BCUT2D eigenvalue weighted by Crippen LogP contribution is -2.41. The van der Waals surface area contributed by atoms with Crippen molar-refractivity contribution in [3.8, 4) is 5.75 Å². The van der Waals surface area contributed by atoms with Gasteiger partial charge in [0.25, 0.3) is 0 Å². The summed E-state index contributed by atoms with van der Waals surface area (Å²) in [5.74, 6) is -0.237. The van der Waals surface area contributed by atoms with E-state index in [9.17, 15) is 8.78 Å². The predicted molar refractivity (Wildman–Crippen MR) is 99.4 cm³/mol. The molecule has 1 aromatic heterocycles. The molecule has 0 spiro atoms. The first-order chi connectivity index (χ1) is 12.6. The van der Waals surface area contributed by atoms with Gasteiger partial charge in [-0.2, -0.15) is 0 Å². The average molecular weight is 376 g/mol. The van der Waals surface area contributed by atoms with Crippen molar-refractivity contribution >= 4 is 13.2 Å². The van der Waals surface area contributed by atoms with Crippen molar-refractivity contribution in [2.45, 2.75) is 45.4 Å². The summed E-state index contributed by atoms with van der Waals surface area (Å²) in [5, 5.41) is 0. The Hall–Kier alpha value is -2.19. The van der Waals surface area contributed by atoms with E-state index in [2.05, 4.69) is 4.98 Å². The molecular weight excluding hydrogens is 353 g/mol. The van der Waals surface area contributed by atoms with Gasteiger partial charge in [0.15, 0.2) is 11.6 Å². The number of ether oxygens (including phenoxy) is 1. The smallest absolute Gasteiger partial charge is 0.494 e. The molecule has 0 radical (unpaired) electrons. The summed E-state index contributed by atoms with van der Waals surface area (Å²) in [5.41, 5.74) is -0.598. The minimum atomic E-state index is -1.06. The summed E-state index contributed by atoms with van der Waals surface area (Å²) in [4.78, 5) is 4.17. The molecule has 1 aliphatic heterocycles. The molecule has 0 amide bonds. The van der Waals surface area contributed by atoms with Gasteiger partial charge in [-0.25, -0.2) is 13.8 Å². The number of rotatable bonds is 5. The molecule has 2 aromatic rings. The van der Waals surface area contributed by atoms with Crippen molar-refractivity contribution in [2.24, 2.45) is 0 Å². The quantitative estimate of drug-likeness (QED) is 0.740. The molecule has 0 aliphatic carbocycles. The number of halogens is 2. The molecule has 0 saturated carbocycles. The topological polar surface area (TPSA) is 45.5 Å². The predicted octanol–water partition coefficient (Wildman–Crippen LogP) is 4.02. The molecule has 144 valence electrons. The van der Waals surface area contributed by atoms with Crippen LogP contribution in [0.1, 0.15) is 39.0 Å². The summed E-state index contributed by atoms with van der Waals surface area (Å²) in [6.07, 6.45) is 4.52. The van der Waals surface area contributed by atoms with Gasteiger partial charge in [-0.05, 0) is 51.5 Å². The minimum Gasteiger partial charge on any atom is -0.494 e. The van der Waals surface area contributed by atoms with Crippen LogP contribution < -0.4 is 4.74 Å². The molecule has 3 rings (SSSR count). The molecule has 5 nitrogen and oxygen atoms in total. The maximum absolute atomic E-state index is 14.6. The second-order valence-corrected chi connectivity index (χ2v) is 7.56.